The number of phosphoric acid groups is 1. The highest BCUT2D eigenvalue weighted by atomic mass is 31.2. The van der Waals surface area contributed by atoms with Crippen LogP contribution in [0.15, 0.2) is 48.6 Å². The first-order valence-corrected chi connectivity index (χ1v) is 25.9. The molecule has 0 saturated heterocycles. The maximum atomic E-state index is 12.7. The van der Waals surface area contributed by atoms with E-state index in [1.54, 1.807) is 0 Å². The average Bonchev–Trinajstić information content (AvgIpc) is 3.20. The summed E-state index contributed by atoms with van der Waals surface area (Å²) in [7, 11) is 1.44. The van der Waals surface area contributed by atoms with Crippen LogP contribution < -0.4 is 0 Å². The van der Waals surface area contributed by atoms with Gasteiger partial charge in [0.15, 0.2) is 6.10 Å². The number of allylic oxidation sites excluding steroid dienone is 8. The van der Waals surface area contributed by atoms with Crippen molar-refractivity contribution in [3.63, 3.8) is 0 Å². The van der Waals surface area contributed by atoms with Crippen molar-refractivity contribution in [2.45, 2.75) is 213 Å². The Labute approximate surface area is 369 Å². The molecule has 0 rings (SSSR count). The number of hydrogen-bond donors (Lipinski definition) is 1. The number of unbranched alkanes of at least 4 members (excludes halogenated alkanes) is 22. The number of carbonyl (C=O) groups is 2. The number of esters is 2. The van der Waals surface area contributed by atoms with Crippen LogP contribution in [-0.4, -0.2) is 74.9 Å². The van der Waals surface area contributed by atoms with Crippen LogP contribution in [0.5, 0.6) is 0 Å². The second-order valence-corrected chi connectivity index (χ2v) is 18.9. The van der Waals surface area contributed by atoms with Crippen LogP contribution in [0.1, 0.15) is 206 Å². The van der Waals surface area contributed by atoms with Gasteiger partial charge in [0.05, 0.1) is 27.7 Å². The van der Waals surface area contributed by atoms with Gasteiger partial charge in [0.25, 0.3) is 0 Å². The molecule has 350 valence electrons. The fraction of sp³-hybridized carbons (Fsp3) is 0.800. The lowest BCUT2D eigenvalue weighted by atomic mass is 10.1. The second kappa shape index (κ2) is 42.3. The van der Waals surface area contributed by atoms with Gasteiger partial charge >= 0.3 is 19.8 Å². The zero-order valence-corrected chi connectivity index (χ0v) is 40.3. The van der Waals surface area contributed by atoms with Crippen molar-refractivity contribution >= 4 is 19.8 Å². The molecule has 0 aliphatic rings. The molecule has 2 atom stereocenters. The maximum Gasteiger partial charge on any atom is 0.472 e. The van der Waals surface area contributed by atoms with Crippen LogP contribution in [-0.2, 0) is 32.7 Å². The van der Waals surface area contributed by atoms with Crippen LogP contribution in [0.25, 0.3) is 0 Å². The molecule has 2 unspecified atom stereocenters. The zero-order chi connectivity index (χ0) is 44.3. The second-order valence-electron chi connectivity index (χ2n) is 17.5. The summed E-state index contributed by atoms with van der Waals surface area (Å²) in [5.41, 5.74) is 0. The largest absolute Gasteiger partial charge is 0.472 e. The smallest absolute Gasteiger partial charge is 0.462 e. The lowest BCUT2D eigenvalue weighted by Crippen LogP contribution is -2.37. The number of carbonyl (C=O) groups excluding carboxylic acids is 2. The summed E-state index contributed by atoms with van der Waals surface area (Å²) < 4.78 is 34.3. The Morgan fingerprint density at radius 1 is 0.517 bits per heavy atom. The molecule has 0 bridgehead atoms. The summed E-state index contributed by atoms with van der Waals surface area (Å²) in [6.45, 7) is 4.34. The molecule has 10 heteroatoms. The molecule has 0 amide bonds. The highest BCUT2D eigenvalue weighted by molar-refractivity contribution is 7.47. The molecule has 0 radical (unpaired) electrons. The molecule has 0 aromatic heterocycles. The normalized spacial score (nSPS) is 13.9. The molecular weight excluding hydrogens is 774 g/mol. The number of phosphoric ester groups is 1. The Kier molecular flexibility index (Phi) is 40.8. The lowest BCUT2D eigenvalue weighted by molar-refractivity contribution is -0.870. The Morgan fingerprint density at radius 2 is 0.933 bits per heavy atom. The van der Waals surface area contributed by atoms with E-state index in [9.17, 15) is 19.0 Å². The maximum absolute atomic E-state index is 12.7. The Balaban J connectivity index is 4.29. The Bertz CT molecular complexity index is 1160. The van der Waals surface area contributed by atoms with Gasteiger partial charge in [-0.2, -0.15) is 0 Å². The van der Waals surface area contributed by atoms with Crippen molar-refractivity contribution in [2.75, 3.05) is 47.5 Å². The van der Waals surface area contributed by atoms with E-state index < -0.39 is 26.5 Å². The predicted molar refractivity (Wildman–Crippen MR) is 252 cm³/mol. The summed E-state index contributed by atoms with van der Waals surface area (Å²) in [6.07, 6.45) is 50.4. The molecule has 60 heavy (non-hydrogen) atoms. The van der Waals surface area contributed by atoms with Crippen molar-refractivity contribution in [2.24, 2.45) is 0 Å². The van der Waals surface area contributed by atoms with Crippen molar-refractivity contribution in [1.29, 1.82) is 0 Å². The van der Waals surface area contributed by atoms with Gasteiger partial charge in [0, 0.05) is 12.8 Å². The number of likely N-dealkylation sites (N-methyl/N-ethyl adjacent to an activating group) is 1. The van der Waals surface area contributed by atoms with Gasteiger partial charge in [-0.15, -0.1) is 0 Å². The fourth-order valence-corrected chi connectivity index (χ4v) is 7.25. The molecule has 0 spiro atoms. The monoisotopic (exact) mass is 867 g/mol. The highest BCUT2D eigenvalue weighted by Crippen LogP contribution is 2.43. The van der Waals surface area contributed by atoms with Gasteiger partial charge in [-0.05, 0) is 64.2 Å². The predicted octanol–water partition coefficient (Wildman–Crippen LogP) is 14.2. The molecule has 0 aromatic rings. The minimum absolute atomic E-state index is 0.0200. The van der Waals surface area contributed by atoms with Crippen LogP contribution in [0.4, 0.5) is 0 Å². The third-order valence-electron chi connectivity index (χ3n) is 10.3. The standard InChI is InChI=1S/C50H92NO8P/c1-6-8-10-12-14-16-18-20-21-22-23-24-25-26-27-28-29-31-32-34-36-38-40-42-49(52)56-46-48(47-58-60(54,55)57-45-44-51(3,4)5)59-50(53)43-41-39-37-35-33-30-19-17-15-13-11-9-7-2/h23-24,26-27,30,33,37,39,48H,6-22,25,28-29,31-32,34-36,38,40-47H2,1-5H3/p+1/b24-23+,27-26+,33-30+,39-37+. The number of hydrogen-bond acceptors (Lipinski definition) is 7. The van der Waals surface area contributed by atoms with Gasteiger partial charge < -0.3 is 18.9 Å². The minimum atomic E-state index is -4.39. The molecule has 9 nitrogen and oxygen atoms in total. The average molecular weight is 867 g/mol. The van der Waals surface area contributed by atoms with Crippen molar-refractivity contribution < 1.29 is 42.1 Å². The van der Waals surface area contributed by atoms with Crippen LogP contribution in [0, 0.1) is 0 Å². The molecule has 0 saturated carbocycles. The third-order valence-corrected chi connectivity index (χ3v) is 11.3. The number of ether oxygens (including phenoxy) is 2. The van der Waals surface area contributed by atoms with E-state index in [4.69, 9.17) is 18.5 Å². The highest BCUT2D eigenvalue weighted by Gasteiger charge is 2.27. The SMILES string of the molecule is CCCCCCCC/C=C/C/C=C/CCC(=O)OC(COC(=O)CCCCCCCCC/C=C/C/C=C/CCCCCCCCCCC)COP(=O)(O)OCC[N+](C)(C)C. The van der Waals surface area contributed by atoms with E-state index in [2.05, 4.69) is 50.3 Å². The lowest BCUT2D eigenvalue weighted by Gasteiger charge is -2.24. The summed E-state index contributed by atoms with van der Waals surface area (Å²) in [4.78, 5) is 35.4. The van der Waals surface area contributed by atoms with Crippen molar-refractivity contribution in [3.8, 4) is 0 Å². The quantitative estimate of drug-likeness (QED) is 0.0212. The van der Waals surface area contributed by atoms with Crippen LogP contribution >= 0.6 is 7.82 Å². The summed E-state index contributed by atoms with van der Waals surface area (Å²) >= 11 is 0. The molecule has 1 N–H and O–H groups in total. The summed E-state index contributed by atoms with van der Waals surface area (Å²) in [6, 6.07) is 0. The zero-order valence-electron chi connectivity index (χ0n) is 39.4. The molecule has 0 aliphatic carbocycles. The number of quaternary nitrogens is 1. The molecule has 0 aliphatic heterocycles. The van der Waals surface area contributed by atoms with Gasteiger partial charge in [-0.3, -0.25) is 18.6 Å². The topological polar surface area (TPSA) is 108 Å². The first-order chi connectivity index (χ1) is 29.0. The van der Waals surface area contributed by atoms with Gasteiger partial charge in [0.2, 0.25) is 0 Å². The summed E-state index contributed by atoms with van der Waals surface area (Å²) in [5.74, 6) is -0.885. The van der Waals surface area contributed by atoms with E-state index in [0.717, 1.165) is 51.4 Å². The van der Waals surface area contributed by atoms with Gasteiger partial charge in [0.1, 0.15) is 19.8 Å². The number of nitrogens with zero attached hydrogens (tertiary/aromatic N) is 1. The third kappa shape index (κ3) is 45.5. The van der Waals surface area contributed by atoms with E-state index in [-0.39, 0.29) is 32.0 Å². The fourth-order valence-electron chi connectivity index (χ4n) is 6.51. The van der Waals surface area contributed by atoms with E-state index in [1.165, 1.54) is 122 Å². The van der Waals surface area contributed by atoms with E-state index in [0.29, 0.717) is 17.4 Å². The van der Waals surface area contributed by atoms with Crippen molar-refractivity contribution in [1.82, 2.24) is 0 Å². The van der Waals surface area contributed by atoms with Crippen molar-refractivity contribution in [3.05, 3.63) is 48.6 Å². The van der Waals surface area contributed by atoms with Crippen LogP contribution in [0.2, 0.25) is 0 Å². The Morgan fingerprint density at radius 3 is 1.38 bits per heavy atom. The molecular formula is C50H93NO8P+. The number of rotatable bonds is 44. The molecule has 0 fully saturated rings. The Hall–Kier alpha value is -2.03. The van der Waals surface area contributed by atoms with Gasteiger partial charge in [-0.1, -0.05) is 178 Å². The summed E-state index contributed by atoms with van der Waals surface area (Å²) in [5, 5.41) is 0. The van der Waals surface area contributed by atoms with E-state index >= 15 is 0 Å². The minimum Gasteiger partial charge on any atom is -0.462 e. The first-order valence-electron chi connectivity index (χ1n) is 24.4. The van der Waals surface area contributed by atoms with Gasteiger partial charge in [-0.25, -0.2) is 4.57 Å². The van der Waals surface area contributed by atoms with Crippen LogP contribution in [0.3, 0.4) is 0 Å². The molecule has 0 heterocycles. The first kappa shape index (κ1) is 58.0. The molecule has 0 aromatic carbocycles. The van der Waals surface area contributed by atoms with E-state index in [1.807, 2.05) is 33.3 Å².